The minimum atomic E-state index is -0.668. The highest BCUT2D eigenvalue weighted by molar-refractivity contribution is 5.63. The topological polar surface area (TPSA) is 52.3 Å². The summed E-state index contributed by atoms with van der Waals surface area (Å²) in [7, 11) is 0. The molecule has 3 aromatic heterocycles. The Bertz CT molecular complexity index is 1080. The van der Waals surface area contributed by atoms with Crippen LogP contribution in [0.25, 0.3) is 16.9 Å². The van der Waals surface area contributed by atoms with Gasteiger partial charge in [0.2, 0.25) is 11.7 Å². The molecule has 3 heterocycles. The summed E-state index contributed by atoms with van der Waals surface area (Å²) < 4.78 is 46.9. The summed E-state index contributed by atoms with van der Waals surface area (Å²) in [5.74, 6) is -1.08. The summed E-state index contributed by atoms with van der Waals surface area (Å²) in [6.07, 6.45) is 6.07. The van der Waals surface area contributed by atoms with E-state index in [1.807, 2.05) is 0 Å². The van der Waals surface area contributed by atoms with E-state index < -0.39 is 17.6 Å². The number of rotatable bonds is 4. The van der Waals surface area contributed by atoms with Gasteiger partial charge in [0, 0.05) is 35.8 Å². The summed E-state index contributed by atoms with van der Waals surface area (Å²) in [6, 6.07) is 6.03. The lowest BCUT2D eigenvalue weighted by molar-refractivity contribution is 0.300. The third-order valence-corrected chi connectivity index (χ3v) is 3.69. The van der Waals surface area contributed by atoms with Crippen molar-refractivity contribution in [3.8, 4) is 16.9 Å². The molecule has 4 aromatic rings. The number of hydrogen-bond donors (Lipinski definition) is 0. The molecule has 130 valence electrons. The maximum Gasteiger partial charge on any atom is 0.234 e. The van der Waals surface area contributed by atoms with Gasteiger partial charge in [0.15, 0.2) is 0 Å². The quantitative estimate of drug-likeness (QED) is 0.522. The van der Waals surface area contributed by atoms with Crippen molar-refractivity contribution < 1.29 is 17.9 Å². The molecule has 0 amide bonds. The Labute approximate surface area is 145 Å². The first-order valence-corrected chi connectivity index (χ1v) is 7.62. The van der Waals surface area contributed by atoms with Crippen molar-refractivity contribution in [2.24, 2.45) is 0 Å². The average Bonchev–Trinajstić information content (AvgIpc) is 3.03. The number of pyridine rings is 1. The SMILES string of the molecule is Fc1ccc(-c2cnc3nc(COc4ccc(F)nc4)cn3c2)c(F)c1. The van der Waals surface area contributed by atoms with E-state index in [9.17, 15) is 13.2 Å². The van der Waals surface area contributed by atoms with Crippen LogP contribution >= 0.6 is 0 Å². The second-order valence-electron chi connectivity index (χ2n) is 5.51. The lowest BCUT2D eigenvalue weighted by Gasteiger charge is -2.03. The fourth-order valence-corrected chi connectivity index (χ4v) is 2.47. The summed E-state index contributed by atoms with van der Waals surface area (Å²) >= 11 is 0. The molecule has 1 aromatic carbocycles. The molecule has 4 rings (SSSR count). The van der Waals surface area contributed by atoms with Gasteiger partial charge >= 0.3 is 0 Å². The molecule has 0 N–H and O–H groups in total. The predicted octanol–water partition coefficient (Wildman–Crippen LogP) is 3.79. The zero-order chi connectivity index (χ0) is 18.1. The zero-order valence-corrected chi connectivity index (χ0v) is 13.2. The van der Waals surface area contributed by atoms with Gasteiger partial charge in [-0.3, -0.25) is 4.40 Å². The molecular weight excluding hydrogens is 345 g/mol. The average molecular weight is 356 g/mol. The minimum Gasteiger partial charge on any atom is -0.486 e. The molecule has 5 nitrogen and oxygen atoms in total. The number of benzene rings is 1. The van der Waals surface area contributed by atoms with Crippen LogP contribution in [0.2, 0.25) is 0 Å². The third kappa shape index (κ3) is 3.21. The van der Waals surface area contributed by atoms with Gasteiger partial charge in [-0.15, -0.1) is 0 Å². The molecule has 8 heteroatoms. The highest BCUT2D eigenvalue weighted by Gasteiger charge is 2.10. The predicted molar refractivity (Wildman–Crippen MR) is 86.9 cm³/mol. The minimum absolute atomic E-state index is 0.136. The van der Waals surface area contributed by atoms with Crippen LogP contribution in [-0.2, 0) is 6.61 Å². The molecule has 0 aliphatic rings. The van der Waals surface area contributed by atoms with Crippen LogP contribution in [0.4, 0.5) is 13.2 Å². The van der Waals surface area contributed by atoms with Gasteiger partial charge in [-0.2, -0.15) is 4.39 Å². The summed E-state index contributed by atoms with van der Waals surface area (Å²) in [6.45, 7) is 0.136. The number of ether oxygens (including phenoxy) is 1. The van der Waals surface area contributed by atoms with Crippen LogP contribution in [0.1, 0.15) is 5.69 Å². The van der Waals surface area contributed by atoms with Gasteiger partial charge in [-0.05, 0) is 24.3 Å². The fourth-order valence-electron chi connectivity index (χ4n) is 2.47. The molecule has 0 radical (unpaired) electrons. The van der Waals surface area contributed by atoms with Crippen LogP contribution in [-0.4, -0.2) is 19.4 Å². The third-order valence-electron chi connectivity index (χ3n) is 3.69. The van der Waals surface area contributed by atoms with E-state index in [4.69, 9.17) is 4.74 Å². The molecule has 0 aliphatic carbocycles. The fraction of sp³-hybridized carbons (Fsp3) is 0.0556. The molecule has 0 bridgehead atoms. The Morgan fingerprint density at radius 3 is 2.62 bits per heavy atom. The lowest BCUT2D eigenvalue weighted by Crippen LogP contribution is -1.96. The number of halogens is 3. The van der Waals surface area contributed by atoms with Gasteiger partial charge in [0.05, 0.1) is 11.9 Å². The van der Waals surface area contributed by atoms with Crippen molar-refractivity contribution in [2.75, 3.05) is 0 Å². The summed E-state index contributed by atoms with van der Waals surface area (Å²) in [5.41, 5.74) is 1.31. The molecule has 0 unspecified atom stereocenters. The zero-order valence-electron chi connectivity index (χ0n) is 13.2. The van der Waals surface area contributed by atoms with Crippen LogP contribution < -0.4 is 4.74 Å². The molecule has 0 aliphatic heterocycles. The Kier molecular flexibility index (Phi) is 4.00. The van der Waals surface area contributed by atoms with Crippen LogP contribution in [0.15, 0.2) is 55.1 Å². The first kappa shape index (κ1) is 16.1. The largest absolute Gasteiger partial charge is 0.486 e. The van der Waals surface area contributed by atoms with Crippen molar-refractivity contribution in [1.82, 2.24) is 19.4 Å². The number of fused-ring (bicyclic) bond motifs is 1. The molecule has 26 heavy (non-hydrogen) atoms. The van der Waals surface area contributed by atoms with Gasteiger partial charge in [0.25, 0.3) is 0 Å². The number of nitrogens with zero attached hydrogens (tertiary/aromatic N) is 4. The monoisotopic (exact) mass is 356 g/mol. The van der Waals surface area contributed by atoms with Crippen molar-refractivity contribution in [1.29, 1.82) is 0 Å². The van der Waals surface area contributed by atoms with Crippen molar-refractivity contribution in [3.05, 3.63) is 78.4 Å². The van der Waals surface area contributed by atoms with Gasteiger partial charge in [-0.25, -0.2) is 23.7 Å². The van der Waals surface area contributed by atoms with Gasteiger partial charge < -0.3 is 4.74 Å². The highest BCUT2D eigenvalue weighted by Crippen LogP contribution is 2.23. The van der Waals surface area contributed by atoms with Crippen LogP contribution in [0.3, 0.4) is 0 Å². The maximum atomic E-state index is 13.9. The second kappa shape index (κ2) is 6.47. The lowest BCUT2D eigenvalue weighted by atomic mass is 10.1. The summed E-state index contributed by atoms with van der Waals surface area (Å²) in [4.78, 5) is 12.0. The Hall–Kier alpha value is -3.42. The van der Waals surface area contributed by atoms with Gasteiger partial charge in [-0.1, -0.05) is 0 Å². The summed E-state index contributed by atoms with van der Waals surface area (Å²) in [5, 5.41) is 0. The van der Waals surface area contributed by atoms with E-state index in [0.29, 0.717) is 22.8 Å². The Balaban J connectivity index is 1.58. The number of imidazole rings is 1. The van der Waals surface area contributed by atoms with Crippen molar-refractivity contribution in [2.45, 2.75) is 6.61 Å². The normalized spacial score (nSPS) is 11.0. The van der Waals surface area contributed by atoms with E-state index in [1.54, 1.807) is 16.8 Å². The van der Waals surface area contributed by atoms with Gasteiger partial charge in [0.1, 0.15) is 24.0 Å². The maximum absolute atomic E-state index is 13.9. The van der Waals surface area contributed by atoms with Crippen molar-refractivity contribution >= 4 is 5.78 Å². The molecule has 0 spiro atoms. The molecular formula is C18H11F3N4O. The van der Waals surface area contributed by atoms with Crippen LogP contribution in [0.5, 0.6) is 5.75 Å². The number of hydrogen-bond acceptors (Lipinski definition) is 4. The van der Waals surface area contributed by atoms with E-state index >= 15 is 0 Å². The standard InChI is InChI=1S/C18H11F3N4O/c19-12-1-3-15(16(20)5-12)11-6-23-18-24-13(9-25(18)8-11)10-26-14-2-4-17(21)22-7-14/h1-9H,10H2. The van der Waals surface area contributed by atoms with Crippen LogP contribution in [0, 0.1) is 17.6 Å². The smallest absolute Gasteiger partial charge is 0.234 e. The van der Waals surface area contributed by atoms with E-state index in [2.05, 4.69) is 15.0 Å². The number of aromatic nitrogens is 4. The van der Waals surface area contributed by atoms with E-state index in [0.717, 1.165) is 6.07 Å². The first-order chi connectivity index (χ1) is 12.6. The van der Waals surface area contributed by atoms with E-state index in [-0.39, 0.29) is 12.2 Å². The second-order valence-corrected chi connectivity index (χ2v) is 5.51. The Morgan fingerprint density at radius 2 is 1.85 bits per heavy atom. The van der Waals surface area contributed by atoms with E-state index in [1.165, 1.54) is 36.7 Å². The van der Waals surface area contributed by atoms with Crippen molar-refractivity contribution in [3.63, 3.8) is 0 Å². The molecule has 0 saturated heterocycles. The Morgan fingerprint density at radius 1 is 0.962 bits per heavy atom. The molecule has 0 atom stereocenters. The first-order valence-electron chi connectivity index (χ1n) is 7.62. The highest BCUT2D eigenvalue weighted by atomic mass is 19.1. The molecule has 0 fully saturated rings. The molecule has 0 saturated carbocycles.